The van der Waals surface area contributed by atoms with Crippen molar-refractivity contribution >= 4 is 74.1 Å². The molecule has 2 heterocycles. The largest absolute Gasteiger partial charge is 0.503 e. The van der Waals surface area contributed by atoms with Gasteiger partial charge in [-0.2, -0.15) is 5.01 Å². The lowest BCUT2D eigenvalue weighted by molar-refractivity contribution is -0.138. The maximum atomic E-state index is 15.3. The number of nitrogens with one attached hydrogen (secondary N) is 1. The zero-order valence-electron chi connectivity index (χ0n) is 27.4. The van der Waals surface area contributed by atoms with Crippen molar-refractivity contribution in [2.75, 3.05) is 17.4 Å². The lowest BCUT2D eigenvalue weighted by Gasteiger charge is -2.50. The predicted octanol–water partition coefficient (Wildman–Crippen LogP) is 7.80. The van der Waals surface area contributed by atoms with E-state index >= 15 is 4.79 Å². The number of fused-ring (bicyclic) bond motifs is 4. The molecule has 4 aliphatic rings. The Morgan fingerprint density at radius 2 is 1.60 bits per heavy atom. The average Bonchev–Trinajstić information content (AvgIpc) is 3.51. The van der Waals surface area contributed by atoms with Crippen LogP contribution in [0, 0.1) is 29.5 Å². The number of methoxy groups -OCH3 is 1. The number of benzene rings is 4. The molecule has 0 bridgehead atoms. The molecule has 9 nitrogen and oxygen atoms in total. The highest BCUT2D eigenvalue weighted by Gasteiger charge is 2.70. The van der Waals surface area contributed by atoms with Crippen LogP contribution in [0.25, 0.3) is 0 Å². The summed E-state index contributed by atoms with van der Waals surface area (Å²) in [5.41, 5.74) is 3.69. The van der Waals surface area contributed by atoms with E-state index in [1.54, 1.807) is 54.6 Å². The van der Waals surface area contributed by atoms with E-state index in [0.717, 1.165) is 9.48 Å². The molecule has 4 aromatic rings. The van der Waals surface area contributed by atoms with Gasteiger partial charge in [-0.1, -0.05) is 62.9 Å². The van der Waals surface area contributed by atoms with Crippen LogP contribution in [0.15, 0.2) is 101 Å². The van der Waals surface area contributed by atoms with Crippen molar-refractivity contribution in [1.29, 1.82) is 0 Å². The number of rotatable bonds is 6. The van der Waals surface area contributed by atoms with E-state index in [4.69, 9.17) is 27.9 Å². The first-order chi connectivity index (χ1) is 24.9. The Morgan fingerprint density at radius 1 is 0.904 bits per heavy atom. The molecule has 3 fully saturated rings. The number of phenolic OH excluding ortho intramolecular Hbond substituents is 1. The Balaban J connectivity index is 1.35. The van der Waals surface area contributed by atoms with E-state index in [1.807, 2.05) is 6.08 Å². The summed E-state index contributed by atoms with van der Waals surface area (Å²) >= 11 is 16.4. The number of nitrogens with zero attached hydrogens (tertiary/aromatic N) is 2. The van der Waals surface area contributed by atoms with Gasteiger partial charge in [-0.15, -0.1) is 0 Å². The van der Waals surface area contributed by atoms with Gasteiger partial charge in [0.25, 0.3) is 11.8 Å². The summed E-state index contributed by atoms with van der Waals surface area (Å²) in [4.78, 5) is 59.7. The van der Waals surface area contributed by atoms with Crippen LogP contribution in [0.4, 0.5) is 15.8 Å². The third kappa shape index (κ3) is 5.08. The van der Waals surface area contributed by atoms with Gasteiger partial charge in [-0.05, 0) is 103 Å². The van der Waals surface area contributed by atoms with Gasteiger partial charge < -0.3 is 9.84 Å². The molecule has 6 unspecified atom stereocenters. The molecule has 4 aromatic carbocycles. The molecular formula is C39H29BrCl2FN3O6. The third-order valence-electron chi connectivity index (χ3n) is 10.9. The number of hydrazine groups is 1. The fourth-order valence-corrected chi connectivity index (χ4v) is 9.40. The second kappa shape index (κ2) is 12.8. The van der Waals surface area contributed by atoms with Crippen molar-refractivity contribution in [2.45, 2.75) is 24.2 Å². The van der Waals surface area contributed by atoms with Crippen molar-refractivity contribution in [3.05, 3.63) is 128 Å². The second-order valence-corrected chi connectivity index (χ2v) is 15.2. The van der Waals surface area contributed by atoms with Gasteiger partial charge in [0.1, 0.15) is 5.82 Å². The van der Waals surface area contributed by atoms with Crippen LogP contribution >= 0.6 is 39.1 Å². The molecule has 8 rings (SSSR count). The van der Waals surface area contributed by atoms with Crippen molar-refractivity contribution in [2.24, 2.45) is 23.7 Å². The predicted molar refractivity (Wildman–Crippen MR) is 195 cm³/mol. The third-order valence-corrected chi connectivity index (χ3v) is 12.0. The van der Waals surface area contributed by atoms with Gasteiger partial charge in [-0.25, -0.2) is 4.39 Å². The van der Waals surface area contributed by atoms with Crippen molar-refractivity contribution in [3.63, 3.8) is 0 Å². The Hall–Kier alpha value is -4.71. The van der Waals surface area contributed by atoms with Gasteiger partial charge in [0.05, 0.1) is 46.7 Å². The molecule has 2 aliphatic carbocycles. The number of amides is 4. The lowest BCUT2D eigenvalue weighted by atomic mass is 9.49. The van der Waals surface area contributed by atoms with E-state index < -0.39 is 52.6 Å². The quantitative estimate of drug-likeness (QED) is 0.151. The smallest absolute Gasteiger partial charge is 0.260 e. The number of carbonyl (C=O) groups excluding carboxylic acids is 4. The van der Waals surface area contributed by atoms with Gasteiger partial charge in [0.2, 0.25) is 11.8 Å². The maximum absolute atomic E-state index is 15.3. The van der Waals surface area contributed by atoms with E-state index in [0.29, 0.717) is 33.1 Å². The number of phenols is 1. The maximum Gasteiger partial charge on any atom is 0.260 e. The minimum Gasteiger partial charge on any atom is -0.503 e. The number of hydrogen-bond acceptors (Lipinski definition) is 7. The summed E-state index contributed by atoms with van der Waals surface area (Å²) in [7, 11) is 1.37. The van der Waals surface area contributed by atoms with Crippen LogP contribution in [-0.4, -0.2) is 40.9 Å². The highest BCUT2D eigenvalue weighted by Crippen LogP contribution is 2.64. The van der Waals surface area contributed by atoms with E-state index in [-0.39, 0.29) is 41.2 Å². The monoisotopic (exact) mass is 803 g/mol. The number of ether oxygens (including phenoxy) is 1. The van der Waals surface area contributed by atoms with Crippen LogP contribution < -0.4 is 15.1 Å². The molecule has 2 saturated heterocycles. The second-order valence-electron chi connectivity index (χ2n) is 13.4. The average molecular weight is 805 g/mol. The van der Waals surface area contributed by atoms with E-state index in [1.165, 1.54) is 42.3 Å². The normalized spacial score (nSPS) is 26.6. The zero-order chi connectivity index (χ0) is 36.6. The molecule has 6 atom stereocenters. The minimum atomic E-state index is -1.62. The first kappa shape index (κ1) is 34.4. The Kier molecular flexibility index (Phi) is 8.43. The number of halogens is 4. The fraction of sp³-hybridized carbons (Fsp3) is 0.231. The molecule has 13 heteroatoms. The summed E-state index contributed by atoms with van der Waals surface area (Å²) in [6.45, 7) is 0. The summed E-state index contributed by atoms with van der Waals surface area (Å²) in [5.74, 6) is -6.73. The summed E-state index contributed by atoms with van der Waals surface area (Å²) in [6, 6.07) is 22.0. The molecule has 0 aromatic heterocycles. The van der Waals surface area contributed by atoms with Gasteiger partial charge in [0.15, 0.2) is 11.5 Å². The molecule has 264 valence electrons. The van der Waals surface area contributed by atoms with Gasteiger partial charge >= 0.3 is 0 Å². The van der Waals surface area contributed by atoms with Crippen LogP contribution in [0.2, 0.25) is 10.0 Å². The number of imide groups is 2. The van der Waals surface area contributed by atoms with E-state index in [2.05, 4.69) is 21.4 Å². The number of anilines is 2. The first-order valence-corrected chi connectivity index (χ1v) is 18.1. The van der Waals surface area contributed by atoms with Crippen molar-refractivity contribution in [3.8, 4) is 11.5 Å². The first-order valence-electron chi connectivity index (χ1n) is 16.5. The van der Waals surface area contributed by atoms with Crippen LogP contribution in [0.1, 0.15) is 29.9 Å². The van der Waals surface area contributed by atoms with Crippen molar-refractivity contribution < 1.29 is 33.4 Å². The van der Waals surface area contributed by atoms with E-state index in [9.17, 15) is 23.9 Å². The molecule has 4 amide bonds. The number of aromatic hydroxyl groups is 1. The Labute approximate surface area is 316 Å². The standard InChI is InChI=1S/C39H29BrCl2FN3O6/c1-52-31-17-19(16-30(42)34(31)47)33-26-14-15-27-32(37(50)45(35(27)48)25-12-4-21(40)5-13-25)28(26)18-29-36(49)46(44-24-10-8-23(43)9-11-24)38(51)39(29,33)20-2-6-22(41)7-3-20/h2-14,16-17,27-29,32-33,44,47H,15,18H2,1H3. The highest BCUT2D eigenvalue weighted by molar-refractivity contribution is 9.10. The molecule has 2 N–H and O–H groups in total. The SMILES string of the molecule is COc1cc(C2C3=CCC4C(=O)N(c5ccc(Br)cc5)C(=O)C4C3CC3C(=O)N(Nc4ccc(F)cc4)C(=O)C32c2ccc(Cl)cc2)cc(Cl)c1O. The molecule has 0 radical (unpaired) electrons. The fourth-order valence-electron chi connectivity index (χ4n) is 8.79. The lowest BCUT2D eigenvalue weighted by Crippen LogP contribution is -2.53. The van der Waals surface area contributed by atoms with Crippen LogP contribution in [-0.2, 0) is 24.6 Å². The number of allylic oxidation sites excluding steroid dienone is 2. The molecule has 1 saturated carbocycles. The van der Waals surface area contributed by atoms with Gasteiger partial charge in [0, 0.05) is 15.4 Å². The zero-order valence-corrected chi connectivity index (χ0v) is 30.5. The topological polar surface area (TPSA) is 116 Å². The summed E-state index contributed by atoms with van der Waals surface area (Å²) < 4.78 is 20.2. The molecule has 52 heavy (non-hydrogen) atoms. The highest BCUT2D eigenvalue weighted by atomic mass is 79.9. The molecule has 0 spiro atoms. The summed E-state index contributed by atoms with van der Waals surface area (Å²) in [6.07, 6.45) is 2.20. The van der Waals surface area contributed by atoms with Gasteiger partial charge in [-0.3, -0.25) is 29.5 Å². The Bertz CT molecular complexity index is 2200. The molecular weight excluding hydrogens is 776 g/mol. The number of carbonyl (C=O) groups is 4. The molecule has 2 aliphatic heterocycles. The van der Waals surface area contributed by atoms with Crippen molar-refractivity contribution in [1.82, 2.24) is 5.01 Å². The van der Waals surface area contributed by atoms with Crippen LogP contribution in [0.5, 0.6) is 11.5 Å². The summed E-state index contributed by atoms with van der Waals surface area (Å²) in [5, 5.41) is 12.1. The van der Waals surface area contributed by atoms with Crippen LogP contribution in [0.3, 0.4) is 0 Å². The Morgan fingerprint density at radius 3 is 2.27 bits per heavy atom. The minimum absolute atomic E-state index is 0.0415. The number of hydrogen-bond donors (Lipinski definition) is 2.